The highest BCUT2D eigenvalue weighted by Gasteiger charge is 2.42. The van der Waals surface area contributed by atoms with Crippen molar-refractivity contribution in [1.29, 1.82) is 0 Å². The maximum Gasteiger partial charge on any atom is 0.315 e. The number of unbranched alkanes of at least 4 members (excludes halogenated alkanes) is 3. The van der Waals surface area contributed by atoms with E-state index in [9.17, 15) is 14.4 Å². The van der Waals surface area contributed by atoms with Gasteiger partial charge in [-0.15, -0.1) is 0 Å². The van der Waals surface area contributed by atoms with Crippen molar-refractivity contribution in [3.05, 3.63) is 24.4 Å². The average molecular weight is 526 g/mol. The molecule has 0 bridgehead atoms. The first-order valence-electron chi connectivity index (χ1n) is 12.0. The number of hydrogen-bond acceptors (Lipinski definition) is 7. The molecule has 2 aliphatic heterocycles. The fraction of sp³-hybridized carbons (Fsp3) is 0.652. The van der Waals surface area contributed by atoms with E-state index >= 15 is 0 Å². The number of nitrogens with one attached hydrogen (secondary N) is 4. The number of rotatable bonds is 16. The van der Waals surface area contributed by atoms with E-state index in [0.717, 1.165) is 55.1 Å². The first-order valence-corrected chi connectivity index (χ1v) is 15.4. The third kappa shape index (κ3) is 9.95. The molecule has 3 heterocycles. The Kier molecular flexibility index (Phi) is 12.2. The summed E-state index contributed by atoms with van der Waals surface area (Å²) in [6.07, 6.45) is 8.43. The van der Waals surface area contributed by atoms with Crippen LogP contribution in [0.1, 0.15) is 51.4 Å². The average Bonchev–Trinajstić information content (AvgIpc) is 3.38. The largest absolute Gasteiger partial charge is 0.356 e. The highest BCUT2D eigenvalue weighted by atomic mass is 33.1. The van der Waals surface area contributed by atoms with Gasteiger partial charge in [-0.05, 0) is 48.6 Å². The van der Waals surface area contributed by atoms with Gasteiger partial charge in [0.15, 0.2) is 0 Å². The van der Waals surface area contributed by atoms with Gasteiger partial charge in [-0.3, -0.25) is 9.59 Å². The monoisotopic (exact) mass is 525 g/mol. The summed E-state index contributed by atoms with van der Waals surface area (Å²) in [7, 11) is 3.30. The fourth-order valence-corrected chi connectivity index (χ4v) is 7.33. The lowest BCUT2D eigenvalue weighted by Crippen LogP contribution is -2.36. The zero-order valence-electron chi connectivity index (χ0n) is 19.4. The Morgan fingerprint density at radius 2 is 1.82 bits per heavy atom. The van der Waals surface area contributed by atoms with E-state index < -0.39 is 0 Å². The second-order valence-corrected chi connectivity index (χ2v) is 12.2. The van der Waals surface area contributed by atoms with Crippen LogP contribution in [0.4, 0.5) is 4.79 Å². The van der Waals surface area contributed by atoms with Crippen molar-refractivity contribution in [2.24, 2.45) is 0 Å². The molecule has 0 unspecified atom stereocenters. The summed E-state index contributed by atoms with van der Waals surface area (Å²) in [6, 6.07) is 6.28. The van der Waals surface area contributed by atoms with Crippen molar-refractivity contribution in [3.63, 3.8) is 0 Å². The third-order valence-electron chi connectivity index (χ3n) is 5.77. The van der Waals surface area contributed by atoms with Gasteiger partial charge in [0.1, 0.15) is 5.03 Å². The molecule has 0 aromatic carbocycles. The molecule has 4 amide bonds. The zero-order chi connectivity index (χ0) is 24.0. The van der Waals surface area contributed by atoms with Gasteiger partial charge in [0.25, 0.3) is 0 Å². The van der Waals surface area contributed by atoms with Crippen molar-refractivity contribution in [2.75, 3.05) is 24.6 Å². The molecule has 188 valence electrons. The van der Waals surface area contributed by atoms with Crippen LogP contribution in [0.5, 0.6) is 0 Å². The minimum Gasteiger partial charge on any atom is -0.356 e. The molecule has 0 aliphatic carbocycles. The molecule has 0 spiro atoms. The molecule has 2 fully saturated rings. The lowest BCUT2D eigenvalue weighted by atomic mass is 10.0. The second kappa shape index (κ2) is 15.4. The molecule has 3 atom stereocenters. The Hall–Kier alpha value is -1.59. The summed E-state index contributed by atoms with van der Waals surface area (Å²) in [5.41, 5.74) is 0. The van der Waals surface area contributed by atoms with E-state index in [0.29, 0.717) is 31.2 Å². The molecule has 11 heteroatoms. The Bertz CT molecular complexity index is 786. The van der Waals surface area contributed by atoms with Crippen molar-refractivity contribution in [1.82, 2.24) is 26.3 Å². The van der Waals surface area contributed by atoms with Gasteiger partial charge >= 0.3 is 6.03 Å². The number of fused-ring (bicyclic) bond motifs is 1. The van der Waals surface area contributed by atoms with E-state index in [2.05, 4.69) is 26.3 Å². The highest BCUT2D eigenvalue weighted by molar-refractivity contribution is 8.76. The molecule has 1 aromatic rings. The normalized spacial score (nSPS) is 20.9. The Morgan fingerprint density at radius 1 is 1.03 bits per heavy atom. The first kappa shape index (κ1) is 27.0. The summed E-state index contributed by atoms with van der Waals surface area (Å²) in [4.78, 5) is 39.6. The minimum absolute atomic E-state index is 0.0499. The zero-order valence-corrected chi connectivity index (χ0v) is 21.9. The van der Waals surface area contributed by atoms with Crippen molar-refractivity contribution >= 4 is 51.2 Å². The number of thioether (sulfide) groups is 1. The molecular weight excluding hydrogens is 490 g/mol. The number of carbonyl (C=O) groups is 3. The molecule has 4 N–H and O–H groups in total. The van der Waals surface area contributed by atoms with E-state index in [1.807, 2.05) is 30.0 Å². The predicted octanol–water partition coefficient (Wildman–Crippen LogP) is 3.34. The van der Waals surface area contributed by atoms with Crippen molar-refractivity contribution < 1.29 is 14.4 Å². The standard InChI is InChI=1S/C23H35N5O3S3/c29-19(10-4-3-8-18-22-17(16-32-18)27-23(31)28-22)24-12-6-1-2-9-20(30)25-14-15-33-34-21-11-5-7-13-26-21/h5,7,11,13,17-18,22H,1-4,6,8-10,12,14-16H2,(H,24,29)(H,25,30)(H2,27,28,31)/t17-,18-,22-/m0/s1. The van der Waals surface area contributed by atoms with E-state index in [-0.39, 0.29) is 29.9 Å². The molecule has 0 saturated carbocycles. The molecule has 0 radical (unpaired) electrons. The Balaban J connectivity index is 1.08. The van der Waals surface area contributed by atoms with Crippen LogP contribution in [0.25, 0.3) is 0 Å². The van der Waals surface area contributed by atoms with Gasteiger partial charge in [-0.2, -0.15) is 11.8 Å². The second-order valence-electron chi connectivity index (χ2n) is 8.45. The maximum atomic E-state index is 12.0. The summed E-state index contributed by atoms with van der Waals surface area (Å²) < 4.78 is 0. The number of amides is 4. The fourth-order valence-electron chi connectivity index (χ4n) is 4.00. The highest BCUT2D eigenvalue weighted by Crippen LogP contribution is 2.33. The summed E-state index contributed by atoms with van der Waals surface area (Å²) in [5.74, 6) is 2.01. The molecule has 8 nitrogen and oxygen atoms in total. The predicted molar refractivity (Wildman–Crippen MR) is 141 cm³/mol. The van der Waals surface area contributed by atoms with Crippen LogP contribution in [0.15, 0.2) is 29.4 Å². The molecule has 1 aromatic heterocycles. The van der Waals surface area contributed by atoms with Crippen LogP contribution < -0.4 is 21.3 Å². The Morgan fingerprint density at radius 3 is 2.62 bits per heavy atom. The smallest absolute Gasteiger partial charge is 0.315 e. The number of hydrogen-bond donors (Lipinski definition) is 4. The van der Waals surface area contributed by atoms with Crippen LogP contribution in [-0.4, -0.2) is 64.8 Å². The van der Waals surface area contributed by atoms with Gasteiger partial charge in [0, 0.05) is 48.9 Å². The lowest BCUT2D eigenvalue weighted by molar-refractivity contribution is -0.122. The van der Waals surface area contributed by atoms with Crippen LogP contribution >= 0.6 is 33.3 Å². The Labute approximate surface area is 214 Å². The lowest BCUT2D eigenvalue weighted by Gasteiger charge is -2.16. The third-order valence-corrected chi connectivity index (χ3v) is 9.55. The number of nitrogens with zero attached hydrogens (tertiary/aromatic N) is 1. The van der Waals surface area contributed by atoms with Gasteiger partial charge in [-0.1, -0.05) is 29.7 Å². The van der Waals surface area contributed by atoms with E-state index in [4.69, 9.17) is 0 Å². The maximum absolute atomic E-state index is 12.0. The summed E-state index contributed by atoms with van der Waals surface area (Å²) in [5, 5.41) is 13.3. The molecular formula is C23H35N5O3S3. The van der Waals surface area contributed by atoms with Gasteiger partial charge in [0.2, 0.25) is 11.8 Å². The van der Waals surface area contributed by atoms with Crippen molar-refractivity contribution in [3.8, 4) is 0 Å². The van der Waals surface area contributed by atoms with Crippen LogP contribution in [0.3, 0.4) is 0 Å². The quantitative estimate of drug-likeness (QED) is 0.149. The number of pyridine rings is 1. The van der Waals surface area contributed by atoms with Crippen LogP contribution in [0, 0.1) is 0 Å². The van der Waals surface area contributed by atoms with Gasteiger partial charge < -0.3 is 21.3 Å². The van der Waals surface area contributed by atoms with Gasteiger partial charge in [0.05, 0.1) is 12.1 Å². The minimum atomic E-state index is -0.0499. The molecule has 34 heavy (non-hydrogen) atoms. The topological polar surface area (TPSA) is 112 Å². The molecule has 2 saturated heterocycles. The number of aromatic nitrogens is 1. The van der Waals surface area contributed by atoms with Crippen molar-refractivity contribution in [2.45, 2.75) is 73.7 Å². The molecule has 3 rings (SSSR count). The number of urea groups is 1. The van der Waals surface area contributed by atoms with Crippen LogP contribution in [-0.2, 0) is 9.59 Å². The summed E-state index contributed by atoms with van der Waals surface area (Å²) >= 11 is 1.91. The van der Waals surface area contributed by atoms with E-state index in [1.165, 1.54) is 0 Å². The SMILES string of the molecule is O=C(CCCC[C@@H]1SC[C@@H]2NC(=O)N[C@@H]21)NCCCCCC(=O)NCCSSc1ccccn1. The summed E-state index contributed by atoms with van der Waals surface area (Å²) in [6.45, 7) is 1.33. The number of carbonyl (C=O) groups excluding carboxylic acids is 3. The molecule has 2 aliphatic rings. The first-order chi connectivity index (χ1) is 16.6. The van der Waals surface area contributed by atoms with E-state index in [1.54, 1.807) is 27.8 Å². The van der Waals surface area contributed by atoms with Gasteiger partial charge in [-0.25, -0.2) is 9.78 Å². The van der Waals surface area contributed by atoms with Crippen LogP contribution in [0.2, 0.25) is 0 Å².